The number of nitrogens with zero attached hydrogens (tertiary/aromatic N) is 2. The van der Waals surface area contributed by atoms with E-state index in [1.165, 1.54) is 11.3 Å². The maximum Gasteiger partial charge on any atom is 0.170 e. The molecule has 2 aromatic rings. The van der Waals surface area contributed by atoms with Crippen molar-refractivity contribution in [3.05, 3.63) is 40.4 Å². The lowest BCUT2D eigenvalue weighted by molar-refractivity contribution is 1.33. The second-order valence-corrected chi connectivity index (χ2v) is 4.22. The van der Waals surface area contributed by atoms with Crippen molar-refractivity contribution in [2.75, 3.05) is 0 Å². The molecule has 0 amide bonds. The molecule has 1 aromatic carbocycles. The highest BCUT2D eigenvalue weighted by Gasteiger charge is 2.09. The van der Waals surface area contributed by atoms with Crippen molar-refractivity contribution < 1.29 is 0 Å². The van der Waals surface area contributed by atoms with Crippen LogP contribution in [0.25, 0.3) is 10.6 Å². The van der Waals surface area contributed by atoms with Crippen LogP contribution >= 0.6 is 22.9 Å². The van der Waals surface area contributed by atoms with Crippen LogP contribution in [-0.4, -0.2) is 4.98 Å². The summed E-state index contributed by atoms with van der Waals surface area (Å²) in [6.07, 6.45) is 0. The van der Waals surface area contributed by atoms with E-state index in [1.807, 2.05) is 36.4 Å². The third-order valence-corrected chi connectivity index (χ3v) is 3.02. The molecule has 68 valence electrons. The molecule has 0 atom stereocenters. The number of rotatable bonds is 1. The first-order valence-electron chi connectivity index (χ1n) is 3.93. The van der Waals surface area contributed by atoms with Gasteiger partial charge >= 0.3 is 0 Å². The van der Waals surface area contributed by atoms with E-state index < -0.39 is 0 Å². The highest BCUT2D eigenvalue weighted by molar-refractivity contribution is 7.19. The van der Waals surface area contributed by atoms with Gasteiger partial charge in [-0.1, -0.05) is 41.9 Å². The zero-order valence-electron chi connectivity index (χ0n) is 7.07. The zero-order valence-corrected chi connectivity index (χ0v) is 8.64. The standard InChI is InChI=1S/C10H5ClN2S/c11-9-8(6-12)13-10(14-9)7-4-2-1-3-5-7/h1-5H. The molecule has 0 aliphatic carbocycles. The highest BCUT2D eigenvalue weighted by Crippen LogP contribution is 2.30. The molecule has 0 saturated heterocycles. The fraction of sp³-hybridized carbons (Fsp3) is 0. The van der Waals surface area contributed by atoms with Gasteiger partial charge in [0.05, 0.1) is 0 Å². The molecule has 2 rings (SSSR count). The molecule has 0 aliphatic heterocycles. The van der Waals surface area contributed by atoms with Gasteiger partial charge in [-0.15, -0.1) is 11.3 Å². The molecule has 0 fully saturated rings. The third kappa shape index (κ3) is 1.63. The van der Waals surface area contributed by atoms with Gasteiger partial charge in [-0.2, -0.15) is 5.26 Å². The number of nitriles is 1. The molecule has 0 radical (unpaired) electrons. The average Bonchev–Trinajstić information content (AvgIpc) is 2.61. The predicted octanol–water partition coefficient (Wildman–Crippen LogP) is 3.34. The van der Waals surface area contributed by atoms with Gasteiger partial charge in [0.15, 0.2) is 5.69 Å². The van der Waals surface area contributed by atoms with Crippen molar-refractivity contribution in [3.8, 4) is 16.6 Å². The Balaban J connectivity index is 2.50. The predicted molar refractivity (Wildman–Crippen MR) is 57.3 cm³/mol. The molecular weight excluding hydrogens is 216 g/mol. The molecule has 0 unspecified atom stereocenters. The summed E-state index contributed by atoms with van der Waals surface area (Å²) in [5, 5.41) is 9.47. The van der Waals surface area contributed by atoms with Crippen LogP contribution in [0.4, 0.5) is 0 Å². The topological polar surface area (TPSA) is 36.7 Å². The molecule has 4 heteroatoms. The maximum atomic E-state index is 8.69. The van der Waals surface area contributed by atoms with Crippen molar-refractivity contribution in [2.45, 2.75) is 0 Å². The van der Waals surface area contributed by atoms with Crippen LogP contribution < -0.4 is 0 Å². The van der Waals surface area contributed by atoms with E-state index >= 15 is 0 Å². The van der Waals surface area contributed by atoms with Crippen LogP contribution in [0.15, 0.2) is 30.3 Å². The summed E-state index contributed by atoms with van der Waals surface area (Å²) in [5.74, 6) is 0. The summed E-state index contributed by atoms with van der Waals surface area (Å²) in [6, 6.07) is 11.6. The van der Waals surface area contributed by atoms with Crippen LogP contribution in [-0.2, 0) is 0 Å². The first-order valence-corrected chi connectivity index (χ1v) is 5.12. The Morgan fingerprint density at radius 1 is 1.29 bits per heavy atom. The molecule has 0 bridgehead atoms. The quantitative estimate of drug-likeness (QED) is 0.739. The molecule has 0 saturated carbocycles. The van der Waals surface area contributed by atoms with Gasteiger partial charge in [-0.3, -0.25) is 0 Å². The van der Waals surface area contributed by atoms with Gasteiger partial charge in [0.2, 0.25) is 0 Å². The van der Waals surface area contributed by atoms with E-state index in [9.17, 15) is 0 Å². The summed E-state index contributed by atoms with van der Waals surface area (Å²) in [4.78, 5) is 4.12. The SMILES string of the molecule is N#Cc1nc(-c2ccccc2)sc1Cl. The first-order chi connectivity index (χ1) is 6.81. The van der Waals surface area contributed by atoms with E-state index in [4.69, 9.17) is 16.9 Å². The van der Waals surface area contributed by atoms with Crippen LogP contribution in [0, 0.1) is 11.3 Å². The molecule has 1 aromatic heterocycles. The van der Waals surface area contributed by atoms with Crippen molar-refractivity contribution >= 4 is 22.9 Å². The lowest BCUT2D eigenvalue weighted by atomic mass is 10.2. The Kier molecular flexibility index (Phi) is 2.49. The average molecular weight is 221 g/mol. The second kappa shape index (κ2) is 3.79. The first kappa shape index (κ1) is 9.20. The Morgan fingerprint density at radius 3 is 2.57 bits per heavy atom. The fourth-order valence-electron chi connectivity index (χ4n) is 1.07. The molecule has 14 heavy (non-hydrogen) atoms. The summed E-state index contributed by atoms with van der Waals surface area (Å²) in [5.41, 5.74) is 1.29. The minimum absolute atomic E-state index is 0.301. The van der Waals surface area contributed by atoms with Gasteiger partial charge in [0.1, 0.15) is 15.4 Å². The van der Waals surface area contributed by atoms with E-state index in [1.54, 1.807) is 0 Å². The molecular formula is C10H5ClN2S. The van der Waals surface area contributed by atoms with Crippen molar-refractivity contribution in [2.24, 2.45) is 0 Å². The Hall–Kier alpha value is -1.37. The summed E-state index contributed by atoms with van der Waals surface area (Å²) in [6.45, 7) is 0. The highest BCUT2D eigenvalue weighted by atomic mass is 35.5. The lowest BCUT2D eigenvalue weighted by Crippen LogP contribution is -1.76. The third-order valence-electron chi connectivity index (χ3n) is 1.71. The van der Waals surface area contributed by atoms with Crippen LogP contribution in [0.2, 0.25) is 4.34 Å². The Bertz CT molecular complexity index is 485. The number of halogens is 1. The van der Waals surface area contributed by atoms with E-state index in [2.05, 4.69) is 4.98 Å². The van der Waals surface area contributed by atoms with E-state index in [-0.39, 0.29) is 0 Å². The minimum Gasteiger partial charge on any atom is -0.224 e. The number of benzene rings is 1. The van der Waals surface area contributed by atoms with Gasteiger partial charge in [-0.25, -0.2) is 4.98 Å². The zero-order chi connectivity index (χ0) is 9.97. The largest absolute Gasteiger partial charge is 0.224 e. The van der Waals surface area contributed by atoms with Crippen molar-refractivity contribution in [1.29, 1.82) is 5.26 Å². The van der Waals surface area contributed by atoms with Crippen molar-refractivity contribution in [3.63, 3.8) is 0 Å². The number of aromatic nitrogens is 1. The van der Waals surface area contributed by atoms with Gasteiger partial charge in [0.25, 0.3) is 0 Å². The monoisotopic (exact) mass is 220 g/mol. The summed E-state index contributed by atoms with van der Waals surface area (Å²) >= 11 is 7.15. The minimum atomic E-state index is 0.301. The van der Waals surface area contributed by atoms with Crippen LogP contribution in [0.5, 0.6) is 0 Å². The molecule has 0 aliphatic rings. The van der Waals surface area contributed by atoms with Gasteiger partial charge in [0, 0.05) is 5.56 Å². The van der Waals surface area contributed by atoms with Crippen LogP contribution in [0.3, 0.4) is 0 Å². The van der Waals surface area contributed by atoms with Crippen LogP contribution in [0.1, 0.15) is 5.69 Å². The van der Waals surface area contributed by atoms with Gasteiger partial charge < -0.3 is 0 Å². The normalized spacial score (nSPS) is 9.71. The number of hydrogen-bond acceptors (Lipinski definition) is 3. The van der Waals surface area contributed by atoms with Crippen molar-refractivity contribution in [1.82, 2.24) is 4.98 Å². The van der Waals surface area contributed by atoms with E-state index in [0.29, 0.717) is 10.0 Å². The van der Waals surface area contributed by atoms with E-state index in [0.717, 1.165) is 10.6 Å². The fourth-order valence-corrected chi connectivity index (χ4v) is 2.13. The Morgan fingerprint density at radius 2 is 2.00 bits per heavy atom. The lowest BCUT2D eigenvalue weighted by Gasteiger charge is -1.92. The molecule has 0 N–H and O–H groups in total. The summed E-state index contributed by atoms with van der Waals surface area (Å²) < 4.78 is 0.450. The number of hydrogen-bond donors (Lipinski definition) is 0. The Labute approximate surface area is 90.4 Å². The van der Waals surface area contributed by atoms with Gasteiger partial charge in [-0.05, 0) is 0 Å². The molecule has 0 spiro atoms. The maximum absolute atomic E-state index is 8.69. The molecule has 2 nitrogen and oxygen atoms in total. The second-order valence-electron chi connectivity index (χ2n) is 2.62. The molecule has 1 heterocycles. The number of thiazole rings is 1. The smallest absolute Gasteiger partial charge is 0.170 e. The summed E-state index contributed by atoms with van der Waals surface area (Å²) in [7, 11) is 0.